The summed E-state index contributed by atoms with van der Waals surface area (Å²) < 4.78 is 0. The van der Waals surface area contributed by atoms with Crippen LogP contribution in [0.2, 0.25) is 0 Å². The molecule has 0 amide bonds. The second kappa shape index (κ2) is 3.37. The van der Waals surface area contributed by atoms with E-state index in [0.717, 1.165) is 24.8 Å². The average molecular weight is 156 g/mol. The van der Waals surface area contributed by atoms with Crippen LogP contribution >= 0.6 is 0 Å². The minimum absolute atomic E-state index is 0.00431. The quantitative estimate of drug-likeness (QED) is 0.590. The van der Waals surface area contributed by atoms with Crippen LogP contribution in [0.15, 0.2) is 11.6 Å². The van der Waals surface area contributed by atoms with Gasteiger partial charge in [-0.25, -0.2) is 0 Å². The molecule has 1 aliphatic rings. The minimum atomic E-state index is -0.701. The molecule has 0 aromatic carbocycles. The molecule has 0 bridgehead atoms. The molecule has 2 N–H and O–H groups in total. The Hall–Kier alpha value is -0.340. The smallest absolute Gasteiger partial charge is 0.0876 e. The molecule has 0 heterocycles. The molecule has 0 aromatic rings. The van der Waals surface area contributed by atoms with Crippen molar-refractivity contribution in [2.45, 2.75) is 38.2 Å². The number of hydrogen-bond donors (Lipinski definition) is 2. The first-order valence-corrected chi connectivity index (χ1v) is 4.25. The number of allylic oxidation sites excluding steroid dienone is 1. The number of rotatable bonds is 2. The van der Waals surface area contributed by atoms with Crippen molar-refractivity contribution in [1.82, 2.24) is 0 Å². The summed E-state index contributed by atoms with van der Waals surface area (Å²) in [5, 5.41) is 18.8. The lowest BCUT2D eigenvalue weighted by molar-refractivity contribution is 0.0462. The Kier molecular flexibility index (Phi) is 2.68. The van der Waals surface area contributed by atoms with E-state index in [1.54, 1.807) is 0 Å². The molecule has 2 heteroatoms. The summed E-state index contributed by atoms with van der Waals surface area (Å²) in [4.78, 5) is 0. The molecule has 0 saturated carbocycles. The van der Waals surface area contributed by atoms with Gasteiger partial charge in [0, 0.05) is 0 Å². The Morgan fingerprint density at radius 3 is 2.82 bits per heavy atom. The van der Waals surface area contributed by atoms with Crippen molar-refractivity contribution in [3.8, 4) is 0 Å². The van der Waals surface area contributed by atoms with Crippen LogP contribution in [0.25, 0.3) is 0 Å². The molecule has 0 spiro atoms. The van der Waals surface area contributed by atoms with Gasteiger partial charge < -0.3 is 10.2 Å². The molecule has 1 unspecified atom stereocenters. The molecular formula is C9H16O2. The summed E-state index contributed by atoms with van der Waals surface area (Å²) in [5.41, 5.74) is 0.110. The number of hydrogen-bond acceptors (Lipinski definition) is 2. The molecule has 0 aromatic heterocycles. The molecule has 0 aliphatic heterocycles. The first-order chi connectivity index (χ1) is 5.23. The predicted octanol–water partition coefficient (Wildman–Crippen LogP) is 1.23. The summed E-state index contributed by atoms with van der Waals surface area (Å²) >= 11 is 0. The van der Waals surface area contributed by atoms with Gasteiger partial charge in [0.1, 0.15) is 0 Å². The van der Waals surface area contributed by atoms with E-state index in [9.17, 15) is 5.11 Å². The Balaban J connectivity index is 2.76. The van der Waals surface area contributed by atoms with Gasteiger partial charge in [0.25, 0.3) is 0 Å². The highest BCUT2D eigenvalue weighted by atomic mass is 16.3. The Bertz CT molecular complexity index is 163. The summed E-state index contributed by atoms with van der Waals surface area (Å²) in [7, 11) is 0. The van der Waals surface area contributed by atoms with E-state index in [1.807, 2.05) is 13.0 Å². The van der Waals surface area contributed by atoms with E-state index in [2.05, 4.69) is 0 Å². The molecule has 1 atom stereocenters. The van der Waals surface area contributed by atoms with Crippen LogP contribution in [-0.4, -0.2) is 22.4 Å². The van der Waals surface area contributed by atoms with Gasteiger partial charge in [-0.1, -0.05) is 13.0 Å². The Labute approximate surface area is 67.6 Å². The standard InChI is InChI=1S/C9H16O2/c1-2-9(11)6-4-3-5-8(9)7-10/h5,10-11H,2-4,6-7H2,1H3. The van der Waals surface area contributed by atoms with Crippen molar-refractivity contribution in [1.29, 1.82) is 0 Å². The fourth-order valence-corrected chi connectivity index (χ4v) is 1.64. The molecule has 1 rings (SSSR count). The molecule has 64 valence electrons. The van der Waals surface area contributed by atoms with Crippen molar-refractivity contribution < 1.29 is 10.2 Å². The predicted molar refractivity (Wildman–Crippen MR) is 44.3 cm³/mol. The Morgan fingerprint density at radius 1 is 1.64 bits per heavy atom. The van der Waals surface area contributed by atoms with Gasteiger partial charge in [-0.3, -0.25) is 0 Å². The maximum Gasteiger partial charge on any atom is 0.0876 e. The third-order valence-electron chi connectivity index (χ3n) is 2.54. The monoisotopic (exact) mass is 156 g/mol. The van der Waals surface area contributed by atoms with E-state index in [4.69, 9.17) is 5.11 Å². The molecule has 2 nitrogen and oxygen atoms in total. The normalized spacial score (nSPS) is 31.7. The first kappa shape index (κ1) is 8.75. The van der Waals surface area contributed by atoms with E-state index >= 15 is 0 Å². The lowest BCUT2D eigenvalue weighted by Crippen LogP contribution is -2.33. The second-order valence-corrected chi connectivity index (χ2v) is 3.16. The maximum absolute atomic E-state index is 9.91. The SMILES string of the molecule is CCC1(O)CCCC=C1CO. The van der Waals surface area contributed by atoms with Crippen LogP contribution in [0, 0.1) is 0 Å². The molecule has 0 radical (unpaired) electrons. The van der Waals surface area contributed by atoms with Crippen LogP contribution < -0.4 is 0 Å². The zero-order valence-electron chi connectivity index (χ0n) is 7.01. The maximum atomic E-state index is 9.91. The summed E-state index contributed by atoms with van der Waals surface area (Å²) in [6.07, 6.45) is 5.51. The van der Waals surface area contributed by atoms with Crippen LogP contribution in [-0.2, 0) is 0 Å². The molecule has 0 fully saturated rings. The van der Waals surface area contributed by atoms with Crippen LogP contribution in [0.1, 0.15) is 32.6 Å². The third kappa shape index (κ3) is 1.63. The fourth-order valence-electron chi connectivity index (χ4n) is 1.64. The molecular weight excluding hydrogens is 140 g/mol. The van der Waals surface area contributed by atoms with Crippen molar-refractivity contribution in [2.75, 3.05) is 6.61 Å². The van der Waals surface area contributed by atoms with Gasteiger partial charge in [-0.15, -0.1) is 0 Å². The van der Waals surface area contributed by atoms with E-state index in [-0.39, 0.29) is 6.61 Å². The molecule has 0 saturated heterocycles. The van der Waals surface area contributed by atoms with Crippen LogP contribution in [0.4, 0.5) is 0 Å². The highest BCUT2D eigenvalue weighted by molar-refractivity contribution is 5.19. The van der Waals surface area contributed by atoms with Crippen LogP contribution in [0.5, 0.6) is 0 Å². The van der Waals surface area contributed by atoms with E-state index in [0.29, 0.717) is 6.42 Å². The lowest BCUT2D eigenvalue weighted by Gasteiger charge is -2.32. The molecule has 1 aliphatic carbocycles. The summed E-state index contributed by atoms with van der Waals surface area (Å²) in [6.45, 7) is 1.96. The zero-order valence-corrected chi connectivity index (χ0v) is 7.01. The second-order valence-electron chi connectivity index (χ2n) is 3.16. The third-order valence-corrected chi connectivity index (χ3v) is 2.54. The lowest BCUT2D eigenvalue weighted by atomic mass is 9.82. The van der Waals surface area contributed by atoms with Crippen molar-refractivity contribution in [3.63, 3.8) is 0 Å². The van der Waals surface area contributed by atoms with Crippen molar-refractivity contribution >= 4 is 0 Å². The van der Waals surface area contributed by atoms with Crippen molar-refractivity contribution in [3.05, 3.63) is 11.6 Å². The van der Waals surface area contributed by atoms with Gasteiger partial charge in [-0.05, 0) is 31.3 Å². The fraction of sp³-hybridized carbons (Fsp3) is 0.778. The van der Waals surface area contributed by atoms with Gasteiger partial charge in [0.05, 0.1) is 12.2 Å². The summed E-state index contributed by atoms with van der Waals surface area (Å²) in [5.74, 6) is 0. The largest absolute Gasteiger partial charge is 0.392 e. The molecule has 11 heavy (non-hydrogen) atoms. The van der Waals surface area contributed by atoms with Gasteiger partial charge in [0.2, 0.25) is 0 Å². The minimum Gasteiger partial charge on any atom is -0.392 e. The zero-order chi connectivity index (χ0) is 8.32. The van der Waals surface area contributed by atoms with Crippen molar-refractivity contribution in [2.24, 2.45) is 0 Å². The topological polar surface area (TPSA) is 40.5 Å². The van der Waals surface area contributed by atoms with E-state index < -0.39 is 5.60 Å². The van der Waals surface area contributed by atoms with Crippen LogP contribution in [0.3, 0.4) is 0 Å². The van der Waals surface area contributed by atoms with E-state index in [1.165, 1.54) is 0 Å². The number of aliphatic hydroxyl groups excluding tert-OH is 1. The summed E-state index contributed by atoms with van der Waals surface area (Å²) in [6, 6.07) is 0. The highest BCUT2D eigenvalue weighted by Crippen LogP contribution is 2.31. The highest BCUT2D eigenvalue weighted by Gasteiger charge is 2.30. The van der Waals surface area contributed by atoms with Gasteiger partial charge >= 0.3 is 0 Å². The Morgan fingerprint density at radius 2 is 2.36 bits per heavy atom. The van der Waals surface area contributed by atoms with Gasteiger partial charge in [0.15, 0.2) is 0 Å². The first-order valence-electron chi connectivity index (χ1n) is 4.25. The average Bonchev–Trinajstić information content (AvgIpc) is 2.05. The number of aliphatic hydroxyl groups is 2. The van der Waals surface area contributed by atoms with Gasteiger partial charge in [-0.2, -0.15) is 0 Å².